The zero-order chi connectivity index (χ0) is 20.4. The topological polar surface area (TPSA) is 59.0 Å². The Morgan fingerprint density at radius 3 is 2.72 bits per heavy atom. The maximum Gasteiger partial charge on any atom is 0.204 e. The van der Waals surface area contributed by atoms with E-state index in [4.69, 9.17) is 22.2 Å². The summed E-state index contributed by atoms with van der Waals surface area (Å²) in [6, 6.07) is 14.7. The quantitative estimate of drug-likeness (QED) is 0.613. The molecule has 2 aromatic carbocycles. The molecular weight excluding hydrogens is 396 g/mol. The highest BCUT2D eigenvalue weighted by molar-refractivity contribution is 7.71. The van der Waals surface area contributed by atoms with Gasteiger partial charge < -0.3 is 4.74 Å². The van der Waals surface area contributed by atoms with E-state index in [9.17, 15) is 8.78 Å². The fraction of sp³-hybridized carbons (Fsp3) is 0.250. The van der Waals surface area contributed by atoms with E-state index in [-0.39, 0.29) is 10.5 Å². The average Bonchev–Trinajstić information content (AvgIpc) is 3.05. The molecule has 1 unspecified atom stereocenters. The third-order valence-electron chi connectivity index (χ3n) is 4.65. The Bertz CT molecular complexity index is 1120. The Morgan fingerprint density at radius 1 is 1.21 bits per heavy atom. The molecule has 1 aliphatic heterocycles. The lowest BCUT2D eigenvalue weighted by atomic mass is 10.2. The molecule has 1 aliphatic rings. The predicted octanol–water partition coefficient (Wildman–Crippen LogP) is 3.53. The molecule has 4 rings (SSSR count). The molecule has 1 fully saturated rings. The van der Waals surface area contributed by atoms with Crippen LogP contribution in [0.25, 0.3) is 17.1 Å². The number of morpholine rings is 1. The number of nitrogens with zero attached hydrogens (tertiary/aromatic N) is 5. The Labute approximate surface area is 171 Å². The molecule has 1 aromatic heterocycles. The molecule has 9 heteroatoms. The van der Waals surface area contributed by atoms with Crippen molar-refractivity contribution in [2.45, 2.75) is 12.8 Å². The van der Waals surface area contributed by atoms with Gasteiger partial charge in [0.05, 0.1) is 25.0 Å². The van der Waals surface area contributed by atoms with E-state index in [1.807, 2.05) is 35.2 Å². The first-order valence-corrected chi connectivity index (χ1v) is 9.42. The summed E-state index contributed by atoms with van der Waals surface area (Å²) in [5.74, 6) is -0.942. The van der Waals surface area contributed by atoms with Crippen LogP contribution in [-0.2, 0) is 11.4 Å². The highest BCUT2D eigenvalue weighted by Gasteiger charge is 2.23. The van der Waals surface area contributed by atoms with Crippen LogP contribution in [0.2, 0.25) is 0 Å². The van der Waals surface area contributed by atoms with E-state index in [0.29, 0.717) is 32.2 Å². The van der Waals surface area contributed by atoms with E-state index < -0.39 is 17.7 Å². The number of halogens is 2. The third kappa shape index (κ3) is 3.96. The van der Waals surface area contributed by atoms with Crippen LogP contribution in [0.5, 0.6) is 0 Å². The number of aromatic nitrogens is 3. The molecule has 1 atom stereocenters. The maximum atomic E-state index is 14.6. The van der Waals surface area contributed by atoms with Crippen molar-refractivity contribution in [3.63, 3.8) is 0 Å². The zero-order valence-electron chi connectivity index (χ0n) is 15.3. The lowest BCUT2D eigenvalue weighted by Gasteiger charge is -2.29. The van der Waals surface area contributed by atoms with Gasteiger partial charge >= 0.3 is 0 Å². The van der Waals surface area contributed by atoms with Gasteiger partial charge in [0.2, 0.25) is 4.77 Å². The normalized spacial score (nSPS) is 17.2. The van der Waals surface area contributed by atoms with Crippen LogP contribution in [0.15, 0.2) is 48.5 Å². The Morgan fingerprint density at radius 2 is 2.00 bits per heavy atom. The number of benzene rings is 2. The second-order valence-electron chi connectivity index (χ2n) is 6.61. The van der Waals surface area contributed by atoms with E-state index >= 15 is 0 Å². The Hall–Kier alpha value is -2.93. The van der Waals surface area contributed by atoms with E-state index in [0.717, 1.165) is 11.6 Å². The van der Waals surface area contributed by atoms with Crippen molar-refractivity contribution in [2.75, 3.05) is 19.7 Å². The number of nitriles is 1. The monoisotopic (exact) mass is 413 g/mol. The molecule has 1 saturated heterocycles. The smallest absolute Gasteiger partial charge is 0.204 e. The molecule has 3 aromatic rings. The molecule has 2 heterocycles. The van der Waals surface area contributed by atoms with E-state index in [1.54, 1.807) is 4.68 Å². The van der Waals surface area contributed by atoms with Crippen molar-refractivity contribution in [2.24, 2.45) is 0 Å². The minimum Gasteiger partial charge on any atom is -0.361 e. The molecule has 6 nitrogen and oxygen atoms in total. The van der Waals surface area contributed by atoms with Crippen molar-refractivity contribution < 1.29 is 13.5 Å². The molecular formula is C20H17F2N5OS. The average molecular weight is 413 g/mol. The summed E-state index contributed by atoms with van der Waals surface area (Å²) in [7, 11) is 0. The Balaban J connectivity index is 1.79. The van der Waals surface area contributed by atoms with Gasteiger partial charge in [-0.2, -0.15) is 5.26 Å². The van der Waals surface area contributed by atoms with Gasteiger partial charge in [-0.25, -0.2) is 13.5 Å². The van der Waals surface area contributed by atoms with Gasteiger partial charge in [0.25, 0.3) is 0 Å². The fourth-order valence-corrected chi connectivity index (χ4v) is 3.54. The van der Waals surface area contributed by atoms with Gasteiger partial charge in [-0.1, -0.05) is 30.3 Å². The van der Waals surface area contributed by atoms with Gasteiger partial charge in [0, 0.05) is 24.7 Å². The number of hydrogen-bond donors (Lipinski definition) is 0. The summed E-state index contributed by atoms with van der Waals surface area (Å²) in [6.07, 6.45) is -0.511. The minimum atomic E-state index is -0.728. The molecule has 29 heavy (non-hydrogen) atoms. The van der Waals surface area contributed by atoms with Crippen molar-refractivity contribution in [1.29, 1.82) is 5.26 Å². The van der Waals surface area contributed by atoms with Crippen molar-refractivity contribution >= 4 is 12.2 Å². The van der Waals surface area contributed by atoms with Gasteiger partial charge in [-0.15, -0.1) is 5.10 Å². The van der Waals surface area contributed by atoms with Crippen molar-refractivity contribution in [3.8, 4) is 23.1 Å². The van der Waals surface area contributed by atoms with Crippen molar-refractivity contribution in [1.82, 2.24) is 19.2 Å². The summed E-state index contributed by atoms with van der Waals surface area (Å²) in [6.45, 7) is 1.81. The third-order valence-corrected chi connectivity index (χ3v) is 5.04. The molecule has 0 radical (unpaired) electrons. The van der Waals surface area contributed by atoms with Gasteiger partial charge in [-0.3, -0.25) is 9.47 Å². The first-order valence-electron chi connectivity index (χ1n) is 9.01. The van der Waals surface area contributed by atoms with Gasteiger partial charge in [-0.05, 0) is 24.4 Å². The SMILES string of the molecule is N#CC1CN(Cn2nc(-c3ccccc3)n(-c3ccc(F)cc3F)c2=S)CCO1. The lowest BCUT2D eigenvalue weighted by molar-refractivity contribution is -0.0133. The summed E-state index contributed by atoms with van der Waals surface area (Å²) >= 11 is 5.59. The first kappa shape index (κ1) is 19.4. The molecule has 0 amide bonds. The summed E-state index contributed by atoms with van der Waals surface area (Å²) in [5, 5.41) is 13.7. The fourth-order valence-electron chi connectivity index (χ4n) is 3.25. The largest absolute Gasteiger partial charge is 0.361 e. The Kier molecular flexibility index (Phi) is 5.49. The molecule has 0 spiro atoms. The summed E-state index contributed by atoms with van der Waals surface area (Å²) in [4.78, 5) is 2.00. The van der Waals surface area contributed by atoms with Crippen LogP contribution in [0.3, 0.4) is 0 Å². The van der Waals surface area contributed by atoms with Gasteiger partial charge in [0.15, 0.2) is 11.9 Å². The standard InChI is InChI=1S/C20H17F2N5OS/c21-15-6-7-18(17(22)10-15)27-19(14-4-2-1-3-5-14)24-26(20(27)29)13-25-8-9-28-16(11-23)12-25/h1-7,10,16H,8-9,12-13H2. The number of hydrogen-bond acceptors (Lipinski definition) is 5. The molecule has 0 aliphatic carbocycles. The molecule has 0 N–H and O–H groups in total. The summed E-state index contributed by atoms with van der Waals surface area (Å²) < 4.78 is 36.7. The first-order chi connectivity index (χ1) is 14.1. The van der Waals surface area contributed by atoms with Crippen LogP contribution < -0.4 is 0 Å². The van der Waals surface area contributed by atoms with Crippen LogP contribution in [-0.4, -0.2) is 45.0 Å². The van der Waals surface area contributed by atoms with Crippen LogP contribution >= 0.6 is 12.2 Å². The van der Waals surface area contributed by atoms with Crippen molar-refractivity contribution in [3.05, 3.63) is 64.9 Å². The minimum absolute atomic E-state index is 0.124. The molecule has 0 saturated carbocycles. The highest BCUT2D eigenvalue weighted by Crippen LogP contribution is 2.25. The van der Waals surface area contributed by atoms with E-state index in [1.165, 1.54) is 16.7 Å². The number of ether oxygens (including phenoxy) is 1. The molecule has 0 bridgehead atoms. The predicted molar refractivity (Wildman–Crippen MR) is 105 cm³/mol. The van der Waals surface area contributed by atoms with Crippen LogP contribution in [0.4, 0.5) is 8.78 Å². The van der Waals surface area contributed by atoms with Crippen LogP contribution in [0.1, 0.15) is 0 Å². The highest BCUT2D eigenvalue weighted by atomic mass is 32.1. The van der Waals surface area contributed by atoms with E-state index in [2.05, 4.69) is 11.2 Å². The lowest BCUT2D eigenvalue weighted by Crippen LogP contribution is -2.42. The van der Waals surface area contributed by atoms with Gasteiger partial charge in [0.1, 0.15) is 11.6 Å². The number of rotatable bonds is 4. The summed E-state index contributed by atoms with van der Waals surface area (Å²) in [5.41, 5.74) is 0.872. The molecule has 148 valence electrons. The zero-order valence-corrected chi connectivity index (χ0v) is 16.1. The van der Waals surface area contributed by atoms with Crippen LogP contribution in [0, 0.1) is 27.7 Å². The second kappa shape index (κ2) is 8.21. The second-order valence-corrected chi connectivity index (χ2v) is 6.97. The maximum absolute atomic E-state index is 14.6.